The molecule has 0 radical (unpaired) electrons. The van der Waals surface area contributed by atoms with E-state index in [-0.39, 0.29) is 18.5 Å². The Hall–Kier alpha value is -2.97. The second-order valence-electron chi connectivity index (χ2n) is 7.25. The van der Waals surface area contributed by atoms with Gasteiger partial charge in [-0.2, -0.15) is 4.98 Å². The first kappa shape index (κ1) is 22.7. The molecule has 2 N–H and O–H groups in total. The van der Waals surface area contributed by atoms with Crippen LogP contribution in [0, 0.1) is 13.8 Å². The number of anilines is 2. The summed E-state index contributed by atoms with van der Waals surface area (Å²) >= 11 is 6.12. The summed E-state index contributed by atoms with van der Waals surface area (Å²) in [7, 11) is 0. The van der Waals surface area contributed by atoms with Gasteiger partial charge in [-0.05, 0) is 37.5 Å². The minimum absolute atomic E-state index is 0.0153. The standard InChI is InChI=1S/C22H27ClN6O2/c1-4-29(21-15(2)10-26-22(28-21)27-18-8-9-31-13-18)14-24-12-20(30)25-11-17-6-5-7-19(23)16(17)3/h4-7,10,14,18H,1,8-9,11-13H2,2-3H3,(H,25,30)(H,26,27,28)/b24-14-/t18-/m0/s1. The number of nitrogens with zero attached hydrogens (tertiary/aromatic N) is 4. The van der Waals surface area contributed by atoms with Crippen LogP contribution in [0.3, 0.4) is 0 Å². The normalized spacial score (nSPS) is 15.8. The molecule has 1 aliphatic rings. The van der Waals surface area contributed by atoms with Crippen molar-refractivity contribution in [3.05, 3.63) is 58.9 Å². The van der Waals surface area contributed by atoms with Gasteiger partial charge < -0.3 is 15.4 Å². The number of hydrogen-bond acceptors (Lipinski definition) is 6. The molecule has 1 saturated heterocycles. The fraction of sp³-hybridized carbons (Fsp3) is 0.364. The van der Waals surface area contributed by atoms with Crippen LogP contribution < -0.4 is 15.5 Å². The van der Waals surface area contributed by atoms with Crippen molar-refractivity contribution >= 4 is 35.6 Å². The molecule has 164 valence electrons. The van der Waals surface area contributed by atoms with Crippen molar-refractivity contribution in [2.45, 2.75) is 32.9 Å². The van der Waals surface area contributed by atoms with Crippen LogP contribution in [0.15, 0.2) is 42.2 Å². The summed E-state index contributed by atoms with van der Waals surface area (Å²) in [6.45, 7) is 9.42. The lowest BCUT2D eigenvalue weighted by Gasteiger charge is -2.17. The number of halogens is 1. The Morgan fingerprint density at radius 3 is 3.03 bits per heavy atom. The SMILES string of the molecule is C=CN(/C=N\CC(=O)NCc1cccc(Cl)c1C)c1nc(N[C@H]2CCOC2)ncc1C. The highest BCUT2D eigenvalue weighted by Crippen LogP contribution is 2.19. The molecule has 3 rings (SSSR count). The first-order valence-corrected chi connectivity index (χ1v) is 10.4. The molecule has 1 atom stereocenters. The molecule has 1 amide bonds. The number of hydrogen-bond donors (Lipinski definition) is 2. The Morgan fingerprint density at radius 2 is 2.29 bits per heavy atom. The Balaban J connectivity index is 1.57. The van der Waals surface area contributed by atoms with Crippen molar-refractivity contribution in [2.75, 3.05) is 30.0 Å². The van der Waals surface area contributed by atoms with Gasteiger partial charge >= 0.3 is 0 Å². The Morgan fingerprint density at radius 1 is 1.45 bits per heavy atom. The first-order valence-electron chi connectivity index (χ1n) is 10.1. The molecule has 2 heterocycles. The van der Waals surface area contributed by atoms with E-state index < -0.39 is 0 Å². The van der Waals surface area contributed by atoms with Gasteiger partial charge in [0.2, 0.25) is 11.9 Å². The van der Waals surface area contributed by atoms with Crippen molar-refractivity contribution in [3.8, 4) is 0 Å². The molecule has 0 aliphatic carbocycles. The minimum atomic E-state index is -0.192. The molecular weight excluding hydrogens is 416 g/mol. The highest BCUT2D eigenvalue weighted by Gasteiger charge is 2.17. The maximum atomic E-state index is 12.2. The number of rotatable bonds is 9. The van der Waals surface area contributed by atoms with E-state index in [1.165, 1.54) is 6.34 Å². The first-order chi connectivity index (χ1) is 15.0. The van der Waals surface area contributed by atoms with Gasteiger partial charge in [0.1, 0.15) is 12.4 Å². The van der Waals surface area contributed by atoms with E-state index in [0.717, 1.165) is 29.7 Å². The fourth-order valence-electron chi connectivity index (χ4n) is 3.09. The van der Waals surface area contributed by atoms with Gasteiger partial charge in [0.15, 0.2) is 0 Å². The Kier molecular flexibility index (Phi) is 7.97. The van der Waals surface area contributed by atoms with Gasteiger partial charge in [-0.25, -0.2) is 4.98 Å². The lowest BCUT2D eigenvalue weighted by molar-refractivity contribution is -0.119. The van der Waals surface area contributed by atoms with Crippen LogP contribution in [0.4, 0.5) is 11.8 Å². The summed E-state index contributed by atoms with van der Waals surface area (Å²) in [5.41, 5.74) is 2.79. The number of aliphatic imine (C=N–C) groups is 1. The van der Waals surface area contributed by atoms with Crippen molar-refractivity contribution in [3.63, 3.8) is 0 Å². The topological polar surface area (TPSA) is 91.7 Å². The molecule has 0 unspecified atom stereocenters. The number of ether oxygens (including phenoxy) is 1. The highest BCUT2D eigenvalue weighted by atomic mass is 35.5. The molecule has 9 heteroatoms. The lowest BCUT2D eigenvalue weighted by atomic mass is 10.1. The Bertz CT molecular complexity index is 959. The van der Waals surface area contributed by atoms with Gasteiger partial charge in [-0.3, -0.25) is 14.7 Å². The second kappa shape index (κ2) is 10.9. The molecule has 1 fully saturated rings. The van der Waals surface area contributed by atoms with Gasteiger partial charge in [-0.1, -0.05) is 30.3 Å². The van der Waals surface area contributed by atoms with E-state index in [1.54, 1.807) is 17.3 Å². The molecule has 1 aromatic carbocycles. The number of benzene rings is 1. The molecule has 0 bridgehead atoms. The van der Waals surface area contributed by atoms with Crippen molar-refractivity contribution in [1.82, 2.24) is 15.3 Å². The van der Waals surface area contributed by atoms with Crippen LogP contribution in [0.25, 0.3) is 0 Å². The summed E-state index contributed by atoms with van der Waals surface area (Å²) in [4.78, 5) is 27.0. The van der Waals surface area contributed by atoms with Crippen LogP contribution in [0.2, 0.25) is 5.02 Å². The zero-order valence-electron chi connectivity index (χ0n) is 17.8. The van der Waals surface area contributed by atoms with E-state index in [9.17, 15) is 4.79 Å². The van der Waals surface area contributed by atoms with Crippen LogP contribution >= 0.6 is 11.6 Å². The van der Waals surface area contributed by atoms with Crippen molar-refractivity contribution < 1.29 is 9.53 Å². The predicted octanol–water partition coefficient (Wildman–Crippen LogP) is 3.24. The molecule has 0 saturated carbocycles. The molecule has 1 aliphatic heterocycles. The summed E-state index contributed by atoms with van der Waals surface area (Å²) in [6, 6.07) is 5.83. The number of carbonyl (C=O) groups excluding carboxylic acids is 1. The maximum Gasteiger partial charge on any atom is 0.241 e. The third-order valence-corrected chi connectivity index (χ3v) is 5.36. The number of aromatic nitrogens is 2. The van der Waals surface area contributed by atoms with E-state index in [2.05, 4.69) is 32.2 Å². The number of amides is 1. The summed E-state index contributed by atoms with van der Waals surface area (Å²) < 4.78 is 5.38. The minimum Gasteiger partial charge on any atom is -0.379 e. The smallest absolute Gasteiger partial charge is 0.241 e. The zero-order valence-corrected chi connectivity index (χ0v) is 18.5. The van der Waals surface area contributed by atoms with Crippen LogP contribution in [-0.4, -0.2) is 48.0 Å². The monoisotopic (exact) mass is 442 g/mol. The van der Waals surface area contributed by atoms with Gasteiger partial charge in [-0.15, -0.1) is 0 Å². The summed E-state index contributed by atoms with van der Waals surface area (Å²) in [5.74, 6) is 0.971. The molecule has 1 aromatic heterocycles. The largest absolute Gasteiger partial charge is 0.379 e. The van der Waals surface area contributed by atoms with E-state index in [4.69, 9.17) is 16.3 Å². The Labute approximate surface area is 187 Å². The molecule has 2 aromatic rings. The second-order valence-corrected chi connectivity index (χ2v) is 7.66. The van der Waals surface area contributed by atoms with Gasteiger partial charge in [0.25, 0.3) is 0 Å². The van der Waals surface area contributed by atoms with Gasteiger partial charge in [0.05, 0.1) is 19.0 Å². The average molecular weight is 443 g/mol. The van der Waals surface area contributed by atoms with E-state index in [1.807, 2.05) is 32.0 Å². The zero-order chi connectivity index (χ0) is 22.2. The summed E-state index contributed by atoms with van der Waals surface area (Å²) in [6.07, 6.45) is 5.79. The summed E-state index contributed by atoms with van der Waals surface area (Å²) in [5, 5.41) is 6.81. The maximum absolute atomic E-state index is 12.2. The number of carbonyl (C=O) groups is 1. The number of nitrogens with one attached hydrogen (secondary N) is 2. The fourth-order valence-corrected chi connectivity index (χ4v) is 3.28. The van der Waals surface area contributed by atoms with Crippen LogP contribution in [-0.2, 0) is 16.1 Å². The molecule has 31 heavy (non-hydrogen) atoms. The number of aryl methyl sites for hydroxylation is 1. The van der Waals surface area contributed by atoms with Gasteiger partial charge in [0, 0.05) is 36.1 Å². The molecule has 0 spiro atoms. The third kappa shape index (κ3) is 6.26. The van der Waals surface area contributed by atoms with Crippen molar-refractivity contribution in [1.29, 1.82) is 0 Å². The average Bonchev–Trinajstić information content (AvgIpc) is 3.27. The highest BCUT2D eigenvalue weighted by molar-refractivity contribution is 6.31. The van der Waals surface area contributed by atoms with E-state index >= 15 is 0 Å². The lowest BCUT2D eigenvalue weighted by Crippen LogP contribution is -2.26. The quantitative estimate of drug-likeness (QED) is 0.457. The third-order valence-electron chi connectivity index (χ3n) is 4.95. The molecular formula is C22H27ClN6O2. The van der Waals surface area contributed by atoms with Crippen LogP contribution in [0.1, 0.15) is 23.1 Å². The molecule has 8 nitrogen and oxygen atoms in total. The van der Waals surface area contributed by atoms with E-state index in [0.29, 0.717) is 29.9 Å². The predicted molar refractivity (Wildman–Crippen MR) is 124 cm³/mol. The van der Waals surface area contributed by atoms with Crippen LogP contribution in [0.5, 0.6) is 0 Å². The van der Waals surface area contributed by atoms with Crippen molar-refractivity contribution in [2.24, 2.45) is 4.99 Å².